The van der Waals surface area contributed by atoms with E-state index in [9.17, 15) is 14.7 Å². The molecule has 2 atom stereocenters. The van der Waals surface area contributed by atoms with Gasteiger partial charge in [-0.15, -0.1) is 0 Å². The van der Waals surface area contributed by atoms with E-state index in [-0.39, 0.29) is 18.4 Å². The summed E-state index contributed by atoms with van der Waals surface area (Å²) in [5.41, 5.74) is 0.0182. The van der Waals surface area contributed by atoms with Crippen LogP contribution in [0.3, 0.4) is 0 Å². The van der Waals surface area contributed by atoms with Gasteiger partial charge in [0, 0.05) is 26.1 Å². The minimum atomic E-state index is -0.936. The van der Waals surface area contributed by atoms with Crippen LogP contribution in [0.1, 0.15) is 25.3 Å². The molecule has 1 aromatic carbocycles. The highest BCUT2D eigenvalue weighted by molar-refractivity contribution is 5.86. The number of amides is 1. The van der Waals surface area contributed by atoms with Crippen LogP contribution in [-0.4, -0.2) is 47.7 Å². The Bertz CT molecular complexity index is 526. The molecule has 0 bridgehead atoms. The maximum Gasteiger partial charge on any atom is 0.308 e. The van der Waals surface area contributed by atoms with Crippen LogP contribution in [0.15, 0.2) is 30.3 Å². The Morgan fingerprint density at radius 1 is 1.24 bits per heavy atom. The summed E-state index contributed by atoms with van der Waals surface area (Å²) in [4.78, 5) is 25.6. The van der Waals surface area contributed by atoms with E-state index in [1.165, 1.54) is 7.11 Å². The number of carboxylic acids is 1. The average Bonchev–Trinajstić information content (AvgIpc) is 2.92. The number of carboxylic acid groups (broad SMARTS) is 1. The monoisotopic (exact) mass is 291 g/mol. The molecule has 0 radical (unpaired) electrons. The summed E-state index contributed by atoms with van der Waals surface area (Å²) in [5, 5.41) is 9.44. The highest BCUT2D eigenvalue weighted by Gasteiger charge is 2.43. The summed E-state index contributed by atoms with van der Waals surface area (Å²) in [6.45, 7) is 4.02. The third-order valence-corrected chi connectivity index (χ3v) is 4.18. The number of hydrogen-bond acceptors (Lipinski definition) is 3. The second-order valence-corrected chi connectivity index (χ2v) is 5.89. The van der Waals surface area contributed by atoms with E-state index in [4.69, 9.17) is 4.74 Å². The number of aliphatic carboxylic acids is 1. The molecule has 1 amide bonds. The molecule has 0 aromatic heterocycles. The first-order valence-corrected chi connectivity index (χ1v) is 6.99. The first kappa shape index (κ1) is 15.5. The van der Waals surface area contributed by atoms with E-state index >= 15 is 0 Å². The van der Waals surface area contributed by atoms with Crippen LogP contribution in [0.2, 0.25) is 0 Å². The summed E-state index contributed by atoms with van der Waals surface area (Å²) >= 11 is 0. The lowest BCUT2D eigenvalue weighted by Crippen LogP contribution is -2.45. The van der Waals surface area contributed by atoms with Crippen molar-refractivity contribution in [1.82, 2.24) is 4.90 Å². The van der Waals surface area contributed by atoms with E-state index in [1.807, 2.05) is 30.3 Å². The number of carbonyl (C=O) groups excluding carboxylic acids is 1. The zero-order valence-corrected chi connectivity index (χ0v) is 12.6. The summed E-state index contributed by atoms with van der Waals surface area (Å²) in [6, 6.07) is 9.49. The van der Waals surface area contributed by atoms with Gasteiger partial charge in [-0.05, 0) is 19.4 Å². The van der Waals surface area contributed by atoms with Crippen LogP contribution < -0.4 is 0 Å². The second kappa shape index (κ2) is 5.85. The van der Waals surface area contributed by atoms with Crippen LogP contribution in [0.5, 0.6) is 0 Å². The third kappa shape index (κ3) is 3.08. The zero-order valence-electron chi connectivity index (χ0n) is 12.6. The Balaban J connectivity index is 2.24. The molecule has 1 aromatic rings. The number of likely N-dealkylation sites (tertiary alicyclic amines) is 1. The minimum absolute atomic E-state index is 0.172. The number of ether oxygens (including phenoxy) is 1. The Labute approximate surface area is 124 Å². The fourth-order valence-electron chi connectivity index (χ4n) is 2.73. The molecule has 2 rings (SSSR count). The Hall–Kier alpha value is -1.88. The van der Waals surface area contributed by atoms with E-state index in [0.29, 0.717) is 6.54 Å². The summed E-state index contributed by atoms with van der Waals surface area (Å²) in [7, 11) is 1.48. The molecule has 0 saturated carbocycles. The molecule has 1 aliphatic heterocycles. The van der Waals surface area contributed by atoms with Gasteiger partial charge in [0.15, 0.2) is 0 Å². The van der Waals surface area contributed by atoms with E-state index in [0.717, 1.165) is 5.56 Å². The molecule has 5 nitrogen and oxygen atoms in total. The van der Waals surface area contributed by atoms with E-state index in [1.54, 1.807) is 18.7 Å². The van der Waals surface area contributed by atoms with Crippen LogP contribution in [-0.2, 0) is 14.3 Å². The second-order valence-electron chi connectivity index (χ2n) is 5.89. The van der Waals surface area contributed by atoms with Crippen molar-refractivity contribution in [3.05, 3.63) is 35.9 Å². The van der Waals surface area contributed by atoms with Gasteiger partial charge in [-0.1, -0.05) is 30.3 Å². The Morgan fingerprint density at radius 2 is 1.86 bits per heavy atom. The summed E-state index contributed by atoms with van der Waals surface area (Å²) < 4.78 is 5.21. The molecule has 114 valence electrons. The maximum absolute atomic E-state index is 12.5. The number of rotatable bonds is 4. The highest BCUT2D eigenvalue weighted by atomic mass is 16.5. The lowest BCUT2D eigenvalue weighted by Gasteiger charge is -2.28. The molecule has 0 aliphatic carbocycles. The quantitative estimate of drug-likeness (QED) is 0.917. The van der Waals surface area contributed by atoms with Crippen molar-refractivity contribution in [2.75, 3.05) is 20.2 Å². The zero-order chi connectivity index (χ0) is 15.6. The Morgan fingerprint density at radius 3 is 2.38 bits per heavy atom. The fraction of sp³-hybridized carbons (Fsp3) is 0.500. The average molecular weight is 291 g/mol. The van der Waals surface area contributed by atoms with Crippen molar-refractivity contribution in [2.24, 2.45) is 5.92 Å². The first-order chi connectivity index (χ1) is 9.86. The van der Waals surface area contributed by atoms with Crippen molar-refractivity contribution in [3.8, 4) is 0 Å². The lowest BCUT2D eigenvalue weighted by molar-refractivity contribution is -0.150. The van der Waals surface area contributed by atoms with Gasteiger partial charge in [0.2, 0.25) is 0 Å². The summed E-state index contributed by atoms with van der Waals surface area (Å²) in [6.07, 6.45) is 0. The van der Waals surface area contributed by atoms with Gasteiger partial charge in [0.05, 0.1) is 5.92 Å². The molecule has 1 fully saturated rings. The third-order valence-electron chi connectivity index (χ3n) is 4.18. The van der Waals surface area contributed by atoms with E-state index in [2.05, 4.69) is 0 Å². The van der Waals surface area contributed by atoms with Gasteiger partial charge < -0.3 is 14.7 Å². The highest BCUT2D eigenvalue weighted by Crippen LogP contribution is 2.34. The lowest BCUT2D eigenvalue weighted by atomic mass is 9.89. The SMILES string of the molecule is COC(C)(C)C(=O)N1CC(C(=O)O)C(c2ccccc2)C1. The maximum atomic E-state index is 12.5. The van der Waals surface area contributed by atoms with Gasteiger partial charge in [0.25, 0.3) is 5.91 Å². The van der Waals surface area contributed by atoms with Crippen LogP contribution in [0.25, 0.3) is 0 Å². The predicted octanol–water partition coefficient (Wildman–Crippen LogP) is 1.74. The van der Waals surface area contributed by atoms with E-state index < -0.39 is 17.5 Å². The Kier molecular flexibility index (Phi) is 4.32. The number of carbonyl (C=O) groups is 2. The summed E-state index contributed by atoms with van der Waals surface area (Å²) in [5.74, 6) is -1.80. The van der Waals surface area contributed by atoms with Crippen molar-refractivity contribution in [2.45, 2.75) is 25.4 Å². The topological polar surface area (TPSA) is 66.8 Å². The van der Waals surface area contributed by atoms with Crippen molar-refractivity contribution in [3.63, 3.8) is 0 Å². The molecular formula is C16H21NO4. The van der Waals surface area contributed by atoms with Gasteiger partial charge in [0.1, 0.15) is 5.60 Å². The molecule has 2 unspecified atom stereocenters. The molecule has 1 heterocycles. The number of methoxy groups -OCH3 is 1. The molecule has 0 spiro atoms. The molecule has 1 aliphatic rings. The minimum Gasteiger partial charge on any atom is -0.481 e. The largest absolute Gasteiger partial charge is 0.481 e. The molecule has 1 saturated heterocycles. The van der Waals surface area contributed by atoms with Crippen molar-refractivity contribution >= 4 is 11.9 Å². The standard InChI is InChI=1S/C16H21NO4/c1-16(2,21-3)15(20)17-9-12(13(10-17)14(18)19)11-7-5-4-6-8-11/h4-8,12-13H,9-10H2,1-3H3,(H,18,19). The molecule has 5 heteroatoms. The van der Waals surface area contributed by atoms with Gasteiger partial charge in [-0.3, -0.25) is 9.59 Å². The van der Waals surface area contributed by atoms with Gasteiger partial charge >= 0.3 is 5.97 Å². The number of nitrogens with zero attached hydrogens (tertiary/aromatic N) is 1. The number of benzene rings is 1. The smallest absolute Gasteiger partial charge is 0.308 e. The van der Waals surface area contributed by atoms with Crippen LogP contribution >= 0.6 is 0 Å². The fourth-order valence-corrected chi connectivity index (χ4v) is 2.73. The van der Waals surface area contributed by atoms with Gasteiger partial charge in [-0.2, -0.15) is 0 Å². The predicted molar refractivity (Wildman–Crippen MR) is 78.0 cm³/mol. The molecule has 1 N–H and O–H groups in total. The molecule has 21 heavy (non-hydrogen) atoms. The van der Waals surface area contributed by atoms with Crippen molar-refractivity contribution in [1.29, 1.82) is 0 Å². The number of hydrogen-bond donors (Lipinski definition) is 1. The molecular weight excluding hydrogens is 270 g/mol. The van der Waals surface area contributed by atoms with Crippen molar-refractivity contribution < 1.29 is 19.4 Å². The van der Waals surface area contributed by atoms with Crippen LogP contribution in [0, 0.1) is 5.92 Å². The normalized spacial score (nSPS) is 22.3. The van der Waals surface area contributed by atoms with Gasteiger partial charge in [-0.25, -0.2) is 0 Å². The first-order valence-electron chi connectivity index (χ1n) is 6.99. The van der Waals surface area contributed by atoms with Crippen LogP contribution in [0.4, 0.5) is 0 Å².